The molecule has 6 nitrogen and oxygen atoms in total. The minimum Gasteiger partial charge on any atom is -0.495 e. The third-order valence-electron chi connectivity index (χ3n) is 5.39. The number of nitrogens with zero attached hydrogens (tertiary/aromatic N) is 1. The number of benzene rings is 2. The first-order valence-corrected chi connectivity index (χ1v) is 10.1. The van der Waals surface area contributed by atoms with Crippen LogP contribution >= 0.6 is 0 Å². The lowest BCUT2D eigenvalue weighted by Gasteiger charge is -2.38. The minimum absolute atomic E-state index is 0.101. The maximum atomic E-state index is 11.5. The van der Waals surface area contributed by atoms with Crippen LogP contribution in [-0.4, -0.2) is 44.4 Å². The van der Waals surface area contributed by atoms with Crippen LogP contribution in [0.5, 0.6) is 11.5 Å². The average Bonchev–Trinajstić information content (AvgIpc) is 2.76. The second kappa shape index (κ2) is 9.01. The molecule has 1 unspecified atom stereocenters. The van der Waals surface area contributed by atoms with Crippen molar-refractivity contribution in [1.82, 2.24) is 10.3 Å². The van der Waals surface area contributed by atoms with Gasteiger partial charge in [0, 0.05) is 37.8 Å². The Bertz CT molecular complexity index is 1020. The highest BCUT2D eigenvalue weighted by molar-refractivity contribution is 5.79. The summed E-state index contributed by atoms with van der Waals surface area (Å²) in [6.07, 6.45) is 1.97. The number of nitrogens with one attached hydrogen (secondary N) is 2. The predicted molar refractivity (Wildman–Crippen MR) is 116 cm³/mol. The fourth-order valence-electron chi connectivity index (χ4n) is 3.93. The number of piperazine rings is 1. The number of aromatic amines is 1. The Balaban J connectivity index is 1.36. The van der Waals surface area contributed by atoms with Crippen LogP contribution < -0.4 is 25.2 Å². The number of pyridine rings is 1. The summed E-state index contributed by atoms with van der Waals surface area (Å²) < 4.78 is 11.5. The van der Waals surface area contributed by atoms with Crippen LogP contribution in [0.1, 0.15) is 12.8 Å². The number of fused-ring (bicyclic) bond motifs is 1. The third-order valence-corrected chi connectivity index (χ3v) is 5.39. The van der Waals surface area contributed by atoms with Gasteiger partial charge in [0.05, 0.1) is 24.9 Å². The molecule has 0 spiro atoms. The Morgan fingerprint density at radius 1 is 1.14 bits per heavy atom. The number of hydrogen-bond donors (Lipinski definition) is 2. The molecule has 29 heavy (non-hydrogen) atoms. The first kappa shape index (κ1) is 19.3. The lowest BCUT2D eigenvalue weighted by atomic mass is 10.1. The largest absolute Gasteiger partial charge is 0.495 e. The summed E-state index contributed by atoms with van der Waals surface area (Å²) >= 11 is 0. The molecule has 2 heterocycles. The van der Waals surface area contributed by atoms with Crippen molar-refractivity contribution in [3.8, 4) is 11.5 Å². The molecule has 0 radical (unpaired) electrons. The van der Waals surface area contributed by atoms with E-state index in [1.165, 1.54) is 6.07 Å². The smallest absolute Gasteiger partial charge is 0.248 e. The summed E-state index contributed by atoms with van der Waals surface area (Å²) in [7, 11) is 1.72. The summed E-state index contributed by atoms with van der Waals surface area (Å²) in [5.74, 6) is 1.70. The fraction of sp³-hybridized carbons (Fsp3) is 0.348. The minimum atomic E-state index is -0.101. The maximum Gasteiger partial charge on any atom is 0.248 e. The van der Waals surface area contributed by atoms with Crippen LogP contribution in [0.4, 0.5) is 5.69 Å². The van der Waals surface area contributed by atoms with Crippen molar-refractivity contribution in [2.75, 3.05) is 38.3 Å². The van der Waals surface area contributed by atoms with Gasteiger partial charge in [-0.2, -0.15) is 0 Å². The number of hydrogen-bond acceptors (Lipinski definition) is 5. The zero-order chi connectivity index (χ0) is 20.1. The lowest BCUT2D eigenvalue weighted by molar-refractivity contribution is 0.296. The number of anilines is 1. The van der Waals surface area contributed by atoms with Gasteiger partial charge < -0.3 is 24.7 Å². The van der Waals surface area contributed by atoms with E-state index in [0.29, 0.717) is 12.6 Å². The molecule has 1 saturated heterocycles. The number of aromatic nitrogens is 1. The molecule has 0 bridgehead atoms. The Kier molecular flexibility index (Phi) is 6.00. The van der Waals surface area contributed by atoms with E-state index in [0.717, 1.165) is 60.6 Å². The molecule has 0 aliphatic carbocycles. The Morgan fingerprint density at radius 3 is 2.90 bits per heavy atom. The van der Waals surface area contributed by atoms with Crippen LogP contribution in [0.15, 0.2) is 59.4 Å². The summed E-state index contributed by atoms with van der Waals surface area (Å²) in [5, 5.41) is 4.50. The van der Waals surface area contributed by atoms with Gasteiger partial charge in [0.2, 0.25) is 5.56 Å². The molecule has 1 aliphatic rings. The maximum absolute atomic E-state index is 11.5. The molecule has 2 N–H and O–H groups in total. The normalized spacial score (nSPS) is 16.7. The molecule has 3 aromatic rings. The van der Waals surface area contributed by atoms with Crippen molar-refractivity contribution in [1.29, 1.82) is 0 Å². The van der Waals surface area contributed by atoms with Crippen molar-refractivity contribution in [2.45, 2.75) is 18.9 Å². The average molecular weight is 393 g/mol. The van der Waals surface area contributed by atoms with Gasteiger partial charge in [-0.15, -0.1) is 0 Å². The van der Waals surface area contributed by atoms with Crippen molar-refractivity contribution in [3.63, 3.8) is 0 Å². The quantitative estimate of drug-likeness (QED) is 0.604. The summed E-state index contributed by atoms with van der Waals surface area (Å²) in [5.41, 5.74) is 1.85. The van der Waals surface area contributed by atoms with Crippen molar-refractivity contribution in [2.24, 2.45) is 0 Å². The SMILES string of the molecule is COc1ccccc1N1CCNCC1CCCOc1ccc2ccc(=O)[nH]c2c1. The topological polar surface area (TPSA) is 66.6 Å². The first-order valence-electron chi connectivity index (χ1n) is 10.1. The van der Waals surface area contributed by atoms with E-state index in [9.17, 15) is 4.79 Å². The van der Waals surface area contributed by atoms with Crippen LogP contribution in [0, 0.1) is 0 Å². The fourth-order valence-corrected chi connectivity index (χ4v) is 3.93. The Morgan fingerprint density at radius 2 is 2.00 bits per heavy atom. The first-order chi connectivity index (χ1) is 14.2. The summed E-state index contributed by atoms with van der Waals surface area (Å²) in [6.45, 7) is 3.53. The summed E-state index contributed by atoms with van der Waals surface area (Å²) in [4.78, 5) is 16.8. The van der Waals surface area contributed by atoms with Gasteiger partial charge in [-0.25, -0.2) is 0 Å². The number of rotatable bonds is 7. The monoisotopic (exact) mass is 393 g/mol. The highest BCUT2D eigenvalue weighted by Gasteiger charge is 2.24. The molecular weight excluding hydrogens is 366 g/mol. The standard InChI is InChI=1S/C23H27N3O3/c1-28-22-7-3-2-6-21(22)26-13-12-24-16-18(26)5-4-14-29-19-10-8-17-9-11-23(27)25-20(17)15-19/h2-3,6-11,15,18,24H,4-5,12-14,16H2,1H3,(H,25,27). The number of ether oxygens (including phenoxy) is 2. The van der Waals surface area contributed by atoms with E-state index in [4.69, 9.17) is 9.47 Å². The van der Waals surface area contributed by atoms with E-state index >= 15 is 0 Å². The molecule has 2 aromatic carbocycles. The van der Waals surface area contributed by atoms with Gasteiger partial charge in [0.1, 0.15) is 11.5 Å². The van der Waals surface area contributed by atoms with E-state index in [1.807, 2.05) is 36.4 Å². The van der Waals surface area contributed by atoms with Crippen LogP contribution in [0.2, 0.25) is 0 Å². The van der Waals surface area contributed by atoms with Crippen LogP contribution in [0.3, 0.4) is 0 Å². The molecule has 1 fully saturated rings. The molecule has 0 saturated carbocycles. The van der Waals surface area contributed by atoms with Crippen LogP contribution in [0.25, 0.3) is 10.9 Å². The number of para-hydroxylation sites is 2. The molecule has 152 valence electrons. The second-order valence-corrected chi connectivity index (χ2v) is 7.29. The number of H-pyrrole nitrogens is 1. The van der Waals surface area contributed by atoms with Crippen molar-refractivity contribution >= 4 is 16.6 Å². The molecule has 6 heteroatoms. The summed E-state index contributed by atoms with van der Waals surface area (Å²) in [6, 6.07) is 17.8. The van der Waals surface area contributed by atoms with Gasteiger partial charge in [-0.05, 0) is 48.6 Å². The highest BCUT2D eigenvalue weighted by atomic mass is 16.5. The van der Waals surface area contributed by atoms with E-state index in [-0.39, 0.29) is 5.56 Å². The zero-order valence-corrected chi connectivity index (χ0v) is 16.7. The molecule has 0 amide bonds. The molecule has 1 aromatic heterocycles. The van der Waals surface area contributed by atoms with Crippen LogP contribution in [-0.2, 0) is 0 Å². The van der Waals surface area contributed by atoms with Gasteiger partial charge in [-0.1, -0.05) is 12.1 Å². The lowest BCUT2D eigenvalue weighted by Crippen LogP contribution is -2.51. The molecule has 1 aliphatic heterocycles. The van der Waals surface area contributed by atoms with E-state index < -0.39 is 0 Å². The zero-order valence-electron chi connectivity index (χ0n) is 16.7. The third kappa shape index (κ3) is 4.54. The van der Waals surface area contributed by atoms with E-state index in [2.05, 4.69) is 27.3 Å². The van der Waals surface area contributed by atoms with Gasteiger partial charge in [-0.3, -0.25) is 4.79 Å². The van der Waals surface area contributed by atoms with E-state index in [1.54, 1.807) is 7.11 Å². The van der Waals surface area contributed by atoms with Gasteiger partial charge >= 0.3 is 0 Å². The van der Waals surface area contributed by atoms with Gasteiger partial charge in [0.25, 0.3) is 0 Å². The molecular formula is C23H27N3O3. The predicted octanol–water partition coefficient (Wildman–Crippen LogP) is 3.17. The highest BCUT2D eigenvalue weighted by Crippen LogP contribution is 2.30. The number of methoxy groups -OCH3 is 1. The Labute approximate surface area is 170 Å². The van der Waals surface area contributed by atoms with Gasteiger partial charge in [0.15, 0.2) is 0 Å². The van der Waals surface area contributed by atoms with Crippen molar-refractivity contribution in [3.05, 3.63) is 65.0 Å². The Hall–Kier alpha value is -2.99. The molecule has 1 atom stereocenters. The molecule has 4 rings (SSSR count). The second-order valence-electron chi connectivity index (χ2n) is 7.29. The van der Waals surface area contributed by atoms with Crippen molar-refractivity contribution < 1.29 is 9.47 Å².